The number of fused-ring (bicyclic) bond motifs is 1. The van der Waals surface area contributed by atoms with Crippen molar-refractivity contribution in [1.82, 2.24) is 5.32 Å². The summed E-state index contributed by atoms with van der Waals surface area (Å²) in [7, 11) is 0. The van der Waals surface area contributed by atoms with Crippen molar-refractivity contribution < 1.29 is 9.90 Å². The Bertz CT molecular complexity index is 285. The van der Waals surface area contributed by atoms with E-state index in [1.165, 1.54) is 57.8 Å². The van der Waals surface area contributed by atoms with E-state index in [1.54, 1.807) is 0 Å². The average Bonchev–Trinajstić information content (AvgIpc) is 2.39. The lowest BCUT2D eigenvalue weighted by molar-refractivity contribution is -0.139. The topological polar surface area (TPSA) is 49.3 Å². The standard InChI is InChI=1S/C15H27NO2S/c17-15(18)13-11-19-14-10-8-6-4-2-1-3-5-7-9-12(14)16-13/h12-14,16H,1-11H2,(H,17,18). The number of carboxylic acids is 1. The molecule has 0 amide bonds. The molecule has 0 spiro atoms. The van der Waals surface area contributed by atoms with Crippen molar-refractivity contribution in [1.29, 1.82) is 0 Å². The number of carbonyl (C=O) groups is 1. The maximum atomic E-state index is 11.1. The van der Waals surface area contributed by atoms with Crippen LogP contribution in [-0.2, 0) is 4.79 Å². The molecule has 0 radical (unpaired) electrons. The van der Waals surface area contributed by atoms with Crippen molar-refractivity contribution in [2.75, 3.05) is 5.75 Å². The smallest absolute Gasteiger partial charge is 0.321 e. The molecule has 1 aliphatic carbocycles. The molecule has 19 heavy (non-hydrogen) atoms. The Kier molecular flexibility index (Phi) is 6.51. The van der Waals surface area contributed by atoms with Crippen LogP contribution in [0.15, 0.2) is 0 Å². The SMILES string of the molecule is O=C(O)C1CSC2CCCCCCCCCCC2N1. The van der Waals surface area contributed by atoms with Crippen LogP contribution in [0.5, 0.6) is 0 Å². The van der Waals surface area contributed by atoms with E-state index >= 15 is 0 Å². The van der Waals surface area contributed by atoms with E-state index < -0.39 is 5.97 Å². The molecule has 1 saturated carbocycles. The summed E-state index contributed by atoms with van der Waals surface area (Å²) in [6.07, 6.45) is 13.2. The Hall–Kier alpha value is -0.220. The van der Waals surface area contributed by atoms with Gasteiger partial charge >= 0.3 is 5.97 Å². The molecule has 2 N–H and O–H groups in total. The Morgan fingerprint density at radius 3 is 2.16 bits per heavy atom. The van der Waals surface area contributed by atoms with Gasteiger partial charge < -0.3 is 5.11 Å². The number of thioether (sulfide) groups is 1. The molecule has 4 heteroatoms. The van der Waals surface area contributed by atoms with Crippen LogP contribution in [0.1, 0.15) is 64.2 Å². The number of hydrogen-bond acceptors (Lipinski definition) is 3. The molecule has 0 aromatic heterocycles. The maximum absolute atomic E-state index is 11.1. The summed E-state index contributed by atoms with van der Waals surface area (Å²) in [6, 6.07) is 0.0819. The lowest BCUT2D eigenvalue weighted by atomic mass is 9.96. The quantitative estimate of drug-likeness (QED) is 0.775. The molecule has 2 rings (SSSR count). The van der Waals surface area contributed by atoms with Gasteiger partial charge in [-0.2, -0.15) is 11.8 Å². The first-order valence-electron chi connectivity index (χ1n) is 7.88. The highest BCUT2D eigenvalue weighted by molar-refractivity contribution is 8.00. The molecule has 2 fully saturated rings. The summed E-state index contributed by atoms with van der Waals surface area (Å²) in [5.41, 5.74) is 0. The van der Waals surface area contributed by atoms with E-state index in [4.69, 9.17) is 5.11 Å². The van der Waals surface area contributed by atoms with Crippen molar-refractivity contribution in [3.05, 3.63) is 0 Å². The number of nitrogens with one attached hydrogen (secondary N) is 1. The third-order valence-corrected chi connectivity index (χ3v) is 5.91. The van der Waals surface area contributed by atoms with Gasteiger partial charge in [-0.3, -0.25) is 10.1 Å². The van der Waals surface area contributed by atoms with E-state index in [0.29, 0.717) is 11.3 Å². The zero-order valence-corrected chi connectivity index (χ0v) is 12.6. The summed E-state index contributed by atoms with van der Waals surface area (Å²) < 4.78 is 0. The van der Waals surface area contributed by atoms with Crippen LogP contribution in [0, 0.1) is 0 Å². The predicted molar refractivity (Wildman–Crippen MR) is 80.8 cm³/mol. The molecular formula is C15H27NO2S. The van der Waals surface area contributed by atoms with Crippen LogP contribution in [0.2, 0.25) is 0 Å². The second-order valence-corrected chi connectivity index (χ2v) is 7.21. The van der Waals surface area contributed by atoms with E-state index in [1.807, 2.05) is 11.8 Å². The molecule has 3 unspecified atom stereocenters. The fraction of sp³-hybridized carbons (Fsp3) is 0.933. The van der Waals surface area contributed by atoms with Gasteiger partial charge in [-0.15, -0.1) is 0 Å². The number of hydrogen-bond donors (Lipinski definition) is 2. The molecule has 3 nitrogen and oxygen atoms in total. The Morgan fingerprint density at radius 2 is 1.53 bits per heavy atom. The first-order valence-corrected chi connectivity index (χ1v) is 8.92. The van der Waals surface area contributed by atoms with E-state index in [-0.39, 0.29) is 6.04 Å². The van der Waals surface area contributed by atoms with E-state index in [0.717, 1.165) is 12.2 Å². The highest BCUT2D eigenvalue weighted by Crippen LogP contribution is 2.30. The van der Waals surface area contributed by atoms with Gasteiger partial charge in [-0.25, -0.2) is 0 Å². The fourth-order valence-electron chi connectivity index (χ4n) is 3.22. The van der Waals surface area contributed by atoms with Gasteiger partial charge in [-0.1, -0.05) is 51.4 Å². The average molecular weight is 285 g/mol. The maximum Gasteiger partial charge on any atom is 0.321 e. The summed E-state index contributed by atoms with van der Waals surface area (Å²) in [5, 5.41) is 13.2. The first kappa shape index (κ1) is 15.2. The minimum atomic E-state index is -0.683. The lowest BCUT2D eigenvalue weighted by Gasteiger charge is -2.36. The Balaban J connectivity index is 1.88. The lowest BCUT2D eigenvalue weighted by Crippen LogP contribution is -2.53. The predicted octanol–water partition coefficient (Wildman–Crippen LogP) is 3.43. The molecule has 3 atom stereocenters. The van der Waals surface area contributed by atoms with E-state index in [9.17, 15) is 4.79 Å². The summed E-state index contributed by atoms with van der Waals surface area (Å²) >= 11 is 1.89. The van der Waals surface area contributed by atoms with Crippen LogP contribution in [0.25, 0.3) is 0 Å². The molecular weight excluding hydrogens is 258 g/mol. The third-order valence-electron chi connectivity index (χ3n) is 4.39. The molecule has 1 heterocycles. The zero-order valence-electron chi connectivity index (χ0n) is 11.8. The highest BCUT2D eigenvalue weighted by atomic mass is 32.2. The Morgan fingerprint density at radius 1 is 0.947 bits per heavy atom. The van der Waals surface area contributed by atoms with Crippen LogP contribution in [0.3, 0.4) is 0 Å². The fourth-order valence-corrected chi connectivity index (χ4v) is 4.68. The van der Waals surface area contributed by atoms with Gasteiger partial charge in [0.1, 0.15) is 6.04 Å². The highest BCUT2D eigenvalue weighted by Gasteiger charge is 2.32. The van der Waals surface area contributed by atoms with Crippen molar-refractivity contribution in [2.45, 2.75) is 81.5 Å². The van der Waals surface area contributed by atoms with Crippen molar-refractivity contribution in [3.63, 3.8) is 0 Å². The summed E-state index contributed by atoms with van der Waals surface area (Å²) in [4.78, 5) is 11.1. The van der Waals surface area contributed by atoms with Gasteiger partial charge in [0.25, 0.3) is 0 Å². The van der Waals surface area contributed by atoms with Gasteiger partial charge in [0.05, 0.1) is 0 Å². The van der Waals surface area contributed by atoms with Gasteiger partial charge in [0.15, 0.2) is 0 Å². The molecule has 0 aromatic rings. The van der Waals surface area contributed by atoms with E-state index in [2.05, 4.69) is 5.32 Å². The molecule has 1 saturated heterocycles. The second kappa shape index (κ2) is 8.15. The van der Waals surface area contributed by atoms with Gasteiger partial charge in [0.2, 0.25) is 0 Å². The van der Waals surface area contributed by atoms with Crippen LogP contribution >= 0.6 is 11.8 Å². The monoisotopic (exact) mass is 285 g/mol. The molecule has 0 bridgehead atoms. The Labute approximate surface area is 120 Å². The molecule has 110 valence electrons. The van der Waals surface area contributed by atoms with Crippen LogP contribution in [0.4, 0.5) is 0 Å². The summed E-state index contributed by atoms with van der Waals surface area (Å²) in [6.45, 7) is 0. The van der Waals surface area contributed by atoms with Gasteiger partial charge in [-0.05, 0) is 12.8 Å². The van der Waals surface area contributed by atoms with Crippen LogP contribution < -0.4 is 5.32 Å². The zero-order chi connectivity index (χ0) is 13.5. The van der Waals surface area contributed by atoms with Gasteiger partial charge in [0, 0.05) is 17.0 Å². The minimum absolute atomic E-state index is 0.334. The third kappa shape index (κ3) is 4.99. The van der Waals surface area contributed by atoms with Crippen molar-refractivity contribution in [3.8, 4) is 0 Å². The largest absolute Gasteiger partial charge is 0.480 e. The normalized spacial score (nSPS) is 34.6. The number of aliphatic carboxylic acids is 1. The van der Waals surface area contributed by atoms with Crippen molar-refractivity contribution in [2.24, 2.45) is 0 Å². The minimum Gasteiger partial charge on any atom is -0.480 e. The number of carboxylic acid groups (broad SMARTS) is 1. The molecule has 1 aliphatic heterocycles. The first-order chi connectivity index (χ1) is 9.27. The number of rotatable bonds is 1. The summed E-state index contributed by atoms with van der Waals surface area (Å²) in [5.74, 6) is 0.0494. The molecule has 2 aliphatic rings. The van der Waals surface area contributed by atoms with Crippen LogP contribution in [-0.4, -0.2) is 34.2 Å². The van der Waals surface area contributed by atoms with Crippen molar-refractivity contribution >= 4 is 17.7 Å². The second-order valence-electron chi connectivity index (χ2n) is 5.94. The molecule has 0 aromatic carbocycles.